The Morgan fingerprint density at radius 3 is 2.57 bits per heavy atom. The van der Waals surface area contributed by atoms with Gasteiger partial charge >= 0.3 is 0 Å². The van der Waals surface area contributed by atoms with Crippen molar-refractivity contribution in [1.82, 2.24) is 0 Å². The molecule has 3 rings (SSSR count). The van der Waals surface area contributed by atoms with Crippen LogP contribution in [0.5, 0.6) is 11.5 Å². The minimum absolute atomic E-state index is 0.105. The van der Waals surface area contributed by atoms with Gasteiger partial charge in [-0.05, 0) is 18.2 Å². The smallest absolute Gasteiger partial charge is 0.200 e. The summed E-state index contributed by atoms with van der Waals surface area (Å²) in [4.78, 5) is 13.1. The maximum Gasteiger partial charge on any atom is 0.200 e. The lowest BCUT2D eigenvalue weighted by Crippen LogP contribution is -2.06. The van der Waals surface area contributed by atoms with E-state index in [-0.39, 0.29) is 5.78 Å². The third-order valence-corrected chi connectivity index (χ3v) is 3.87. The quantitative estimate of drug-likeness (QED) is 0.661. The molecule has 0 aliphatic heterocycles. The van der Waals surface area contributed by atoms with E-state index in [1.165, 1.54) is 0 Å². The number of fused-ring (bicyclic) bond motifs is 1. The number of furan rings is 1. The van der Waals surface area contributed by atoms with Crippen LogP contribution >= 0.6 is 0 Å². The predicted molar refractivity (Wildman–Crippen MR) is 88.6 cm³/mol. The van der Waals surface area contributed by atoms with Crippen molar-refractivity contribution in [2.24, 2.45) is 0 Å². The van der Waals surface area contributed by atoms with Crippen LogP contribution in [0.2, 0.25) is 0 Å². The number of ether oxygens (including phenoxy) is 2. The molecule has 0 N–H and O–H groups in total. The topological polar surface area (TPSA) is 48.7 Å². The van der Waals surface area contributed by atoms with E-state index in [1.54, 1.807) is 32.4 Å². The highest BCUT2D eigenvalue weighted by Crippen LogP contribution is 2.32. The lowest BCUT2D eigenvalue weighted by molar-refractivity contribution is 0.103. The number of benzene rings is 2. The van der Waals surface area contributed by atoms with Gasteiger partial charge in [0.15, 0.2) is 0 Å². The molecule has 1 heterocycles. The monoisotopic (exact) mass is 310 g/mol. The molecule has 0 amide bonds. The van der Waals surface area contributed by atoms with Gasteiger partial charge in [-0.25, -0.2) is 0 Å². The van der Waals surface area contributed by atoms with Crippen molar-refractivity contribution in [1.29, 1.82) is 0 Å². The molecule has 118 valence electrons. The van der Waals surface area contributed by atoms with Gasteiger partial charge in [0.05, 0.1) is 25.3 Å². The summed E-state index contributed by atoms with van der Waals surface area (Å²) in [7, 11) is 3.12. The summed E-state index contributed by atoms with van der Waals surface area (Å²) >= 11 is 0. The Hall–Kier alpha value is -2.75. The van der Waals surface area contributed by atoms with Gasteiger partial charge in [-0.1, -0.05) is 25.1 Å². The van der Waals surface area contributed by atoms with Crippen molar-refractivity contribution in [3.63, 3.8) is 0 Å². The fraction of sp³-hybridized carbons (Fsp3) is 0.211. The first-order valence-electron chi connectivity index (χ1n) is 7.46. The highest BCUT2D eigenvalue weighted by atomic mass is 16.5. The minimum Gasteiger partial charge on any atom is -0.497 e. The van der Waals surface area contributed by atoms with E-state index in [2.05, 4.69) is 0 Å². The Labute approximate surface area is 134 Å². The summed E-state index contributed by atoms with van der Waals surface area (Å²) in [5.41, 5.74) is 1.82. The van der Waals surface area contributed by atoms with Gasteiger partial charge in [-0.2, -0.15) is 0 Å². The fourth-order valence-corrected chi connectivity index (χ4v) is 2.71. The summed E-state index contributed by atoms with van der Waals surface area (Å²) < 4.78 is 16.4. The zero-order chi connectivity index (χ0) is 16.4. The van der Waals surface area contributed by atoms with Crippen LogP contribution in [-0.2, 0) is 6.42 Å². The second kappa shape index (κ2) is 6.16. The van der Waals surface area contributed by atoms with Gasteiger partial charge in [0, 0.05) is 17.9 Å². The van der Waals surface area contributed by atoms with Crippen molar-refractivity contribution in [2.45, 2.75) is 13.3 Å². The van der Waals surface area contributed by atoms with Gasteiger partial charge in [0.1, 0.15) is 22.8 Å². The van der Waals surface area contributed by atoms with Gasteiger partial charge in [-0.15, -0.1) is 0 Å². The lowest BCUT2D eigenvalue weighted by Gasteiger charge is -2.09. The van der Waals surface area contributed by atoms with Crippen LogP contribution in [0.25, 0.3) is 11.0 Å². The summed E-state index contributed by atoms with van der Waals surface area (Å²) in [5, 5.41) is 0.826. The zero-order valence-electron chi connectivity index (χ0n) is 13.4. The number of hydrogen-bond donors (Lipinski definition) is 0. The summed E-state index contributed by atoms with van der Waals surface area (Å²) in [6.07, 6.45) is 0.647. The van der Waals surface area contributed by atoms with E-state index < -0.39 is 0 Å². The number of carbonyl (C=O) groups is 1. The number of para-hydroxylation sites is 1. The first-order chi connectivity index (χ1) is 11.2. The molecule has 0 aliphatic rings. The number of hydrogen-bond acceptors (Lipinski definition) is 4. The molecule has 0 bridgehead atoms. The van der Waals surface area contributed by atoms with Crippen molar-refractivity contribution < 1.29 is 18.7 Å². The largest absolute Gasteiger partial charge is 0.497 e. The van der Waals surface area contributed by atoms with E-state index >= 15 is 0 Å². The van der Waals surface area contributed by atoms with E-state index in [1.807, 2.05) is 31.2 Å². The second-order valence-electron chi connectivity index (χ2n) is 5.15. The molecule has 0 atom stereocenters. The number of aryl methyl sites for hydroxylation is 1. The first-order valence-corrected chi connectivity index (χ1v) is 7.46. The highest BCUT2D eigenvalue weighted by molar-refractivity contribution is 6.18. The van der Waals surface area contributed by atoms with E-state index in [9.17, 15) is 4.79 Å². The van der Waals surface area contributed by atoms with Crippen LogP contribution in [0, 0.1) is 0 Å². The Morgan fingerprint density at radius 1 is 1.09 bits per heavy atom. The summed E-state index contributed by atoms with van der Waals surface area (Å²) in [5.74, 6) is 1.72. The van der Waals surface area contributed by atoms with Crippen molar-refractivity contribution in [3.8, 4) is 11.5 Å². The number of methoxy groups -OCH3 is 2. The maximum atomic E-state index is 13.1. The third-order valence-electron chi connectivity index (χ3n) is 3.87. The molecule has 4 heteroatoms. The number of carbonyl (C=O) groups excluding carboxylic acids is 1. The standard InChI is InChI=1S/C19H18O4/c1-4-15-18(13-7-5-6-8-16(13)23-15)19(20)14-10-9-12(21-2)11-17(14)22-3/h5-11H,4H2,1-3H3. The summed E-state index contributed by atoms with van der Waals surface area (Å²) in [6, 6.07) is 12.8. The van der Waals surface area contributed by atoms with Crippen molar-refractivity contribution in [3.05, 3.63) is 59.4 Å². The van der Waals surface area contributed by atoms with E-state index in [4.69, 9.17) is 13.9 Å². The Morgan fingerprint density at radius 2 is 1.87 bits per heavy atom. The normalized spacial score (nSPS) is 10.7. The van der Waals surface area contributed by atoms with Gasteiger partial charge in [-0.3, -0.25) is 4.79 Å². The molecule has 0 fully saturated rings. The molecular formula is C19H18O4. The third kappa shape index (κ3) is 2.57. The Bertz CT molecular complexity index is 861. The molecule has 0 saturated heterocycles. The molecule has 4 nitrogen and oxygen atoms in total. The predicted octanol–water partition coefficient (Wildman–Crippen LogP) is 4.24. The molecular weight excluding hydrogens is 292 g/mol. The van der Waals surface area contributed by atoms with Crippen LogP contribution in [-0.4, -0.2) is 20.0 Å². The van der Waals surface area contributed by atoms with Crippen LogP contribution < -0.4 is 9.47 Å². The van der Waals surface area contributed by atoms with Crippen LogP contribution in [0.15, 0.2) is 46.9 Å². The van der Waals surface area contributed by atoms with Crippen LogP contribution in [0.3, 0.4) is 0 Å². The minimum atomic E-state index is -0.105. The first kappa shape index (κ1) is 15.2. The average molecular weight is 310 g/mol. The molecule has 2 aromatic carbocycles. The molecule has 0 spiro atoms. The second-order valence-corrected chi connectivity index (χ2v) is 5.15. The molecule has 3 aromatic rings. The highest BCUT2D eigenvalue weighted by Gasteiger charge is 2.23. The zero-order valence-corrected chi connectivity index (χ0v) is 13.4. The molecule has 0 unspecified atom stereocenters. The molecule has 23 heavy (non-hydrogen) atoms. The molecule has 0 radical (unpaired) electrons. The average Bonchev–Trinajstić information content (AvgIpc) is 2.99. The van der Waals surface area contributed by atoms with Gasteiger partial charge in [0.2, 0.25) is 5.78 Å². The van der Waals surface area contributed by atoms with Gasteiger partial charge < -0.3 is 13.9 Å². The Balaban J connectivity index is 2.18. The Kier molecular flexibility index (Phi) is 4.06. The number of rotatable bonds is 5. The van der Waals surface area contributed by atoms with Crippen LogP contribution in [0.1, 0.15) is 28.6 Å². The number of ketones is 1. The molecule has 0 aliphatic carbocycles. The summed E-state index contributed by atoms with van der Waals surface area (Å²) in [6.45, 7) is 1.97. The fourth-order valence-electron chi connectivity index (χ4n) is 2.71. The van der Waals surface area contributed by atoms with E-state index in [0.717, 1.165) is 11.0 Å². The van der Waals surface area contributed by atoms with E-state index in [0.29, 0.717) is 34.8 Å². The van der Waals surface area contributed by atoms with Crippen molar-refractivity contribution >= 4 is 16.8 Å². The molecule has 0 saturated carbocycles. The SMILES string of the molecule is CCc1oc2ccccc2c1C(=O)c1ccc(OC)cc1OC. The molecule has 1 aromatic heterocycles. The maximum absolute atomic E-state index is 13.1. The van der Waals surface area contributed by atoms with Crippen molar-refractivity contribution in [2.75, 3.05) is 14.2 Å². The van der Waals surface area contributed by atoms with Crippen LogP contribution in [0.4, 0.5) is 0 Å². The lowest BCUT2D eigenvalue weighted by atomic mass is 9.98. The van der Waals surface area contributed by atoms with Gasteiger partial charge in [0.25, 0.3) is 0 Å².